The van der Waals surface area contributed by atoms with E-state index in [0.717, 1.165) is 23.2 Å². The number of nitrogens with one attached hydrogen (secondary N) is 1. The smallest absolute Gasteiger partial charge is 0.0504 e. The Morgan fingerprint density at radius 1 is 1.15 bits per heavy atom. The zero-order chi connectivity index (χ0) is 14.4. The van der Waals surface area contributed by atoms with Crippen molar-refractivity contribution in [3.63, 3.8) is 0 Å². The lowest BCUT2D eigenvalue weighted by Gasteiger charge is -2.13. The van der Waals surface area contributed by atoms with Crippen LogP contribution >= 0.6 is 0 Å². The van der Waals surface area contributed by atoms with Crippen LogP contribution in [-0.4, -0.2) is 7.05 Å². The van der Waals surface area contributed by atoms with Gasteiger partial charge in [-0.25, -0.2) is 0 Å². The largest absolute Gasteiger partial charge is 0.388 e. The average molecular weight is 266 g/mol. The van der Waals surface area contributed by atoms with E-state index in [-0.39, 0.29) is 6.04 Å². The Morgan fingerprint density at radius 2 is 1.90 bits per heavy atom. The van der Waals surface area contributed by atoms with Crippen molar-refractivity contribution in [3.05, 3.63) is 77.4 Å². The highest BCUT2D eigenvalue weighted by Gasteiger charge is 2.06. The highest BCUT2D eigenvalue weighted by molar-refractivity contribution is 5.64. The van der Waals surface area contributed by atoms with Gasteiger partial charge < -0.3 is 11.1 Å². The number of rotatable bonds is 5. The van der Waals surface area contributed by atoms with Gasteiger partial charge in [0.1, 0.15) is 0 Å². The summed E-state index contributed by atoms with van der Waals surface area (Å²) in [7, 11) is 1.92. The highest BCUT2D eigenvalue weighted by atomic mass is 14.8. The molecule has 3 N–H and O–H groups in total. The van der Waals surface area contributed by atoms with Crippen molar-refractivity contribution in [2.24, 2.45) is 5.73 Å². The summed E-state index contributed by atoms with van der Waals surface area (Å²) in [6, 6.07) is 18.6. The van der Waals surface area contributed by atoms with Crippen molar-refractivity contribution in [3.8, 4) is 0 Å². The third-order valence-electron chi connectivity index (χ3n) is 3.44. The summed E-state index contributed by atoms with van der Waals surface area (Å²) in [6.45, 7) is 2.16. The zero-order valence-electron chi connectivity index (χ0n) is 12.1. The lowest BCUT2D eigenvalue weighted by molar-refractivity contribution is 0.898. The summed E-state index contributed by atoms with van der Waals surface area (Å²) >= 11 is 0. The molecule has 1 atom stereocenters. The van der Waals surface area contributed by atoms with Gasteiger partial charge in [-0.2, -0.15) is 0 Å². The van der Waals surface area contributed by atoms with Crippen molar-refractivity contribution >= 4 is 5.70 Å². The van der Waals surface area contributed by atoms with E-state index in [9.17, 15) is 0 Å². The van der Waals surface area contributed by atoms with E-state index in [1.807, 2.05) is 25.2 Å². The molecule has 2 rings (SSSR count). The number of benzene rings is 2. The van der Waals surface area contributed by atoms with Gasteiger partial charge in [-0.3, -0.25) is 0 Å². The van der Waals surface area contributed by atoms with E-state index in [2.05, 4.69) is 54.7 Å². The van der Waals surface area contributed by atoms with Crippen LogP contribution < -0.4 is 11.1 Å². The molecule has 0 spiro atoms. The van der Waals surface area contributed by atoms with Crippen molar-refractivity contribution < 1.29 is 0 Å². The third kappa shape index (κ3) is 3.49. The average Bonchev–Trinajstić information content (AvgIpc) is 2.53. The van der Waals surface area contributed by atoms with Crippen LogP contribution in [0.2, 0.25) is 0 Å². The van der Waals surface area contributed by atoms with Crippen LogP contribution in [0.15, 0.2) is 60.7 Å². The first kappa shape index (κ1) is 14.4. The van der Waals surface area contributed by atoms with Crippen molar-refractivity contribution in [2.45, 2.75) is 19.4 Å². The number of nitrogens with two attached hydrogens (primary N) is 1. The van der Waals surface area contributed by atoms with Gasteiger partial charge in [-0.05, 0) is 29.2 Å². The highest BCUT2D eigenvalue weighted by Crippen LogP contribution is 2.19. The van der Waals surface area contributed by atoms with Crippen LogP contribution in [-0.2, 0) is 6.42 Å². The van der Waals surface area contributed by atoms with E-state index >= 15 is 0 Å². The van der Waals surface area contributed by atoms with E-state index < -0.39 is 0 Å². The molecule has 0 radical (unpaired) electrons. The van der Waals surface area contributed by atoms with E-state index in [4.69, 9.17) is 5.73 Å². The monoisotopic (exact) mass is 266 g/mol. The molecule has 0 aliphatic carbocycles. The second kappa shape index (κ2) is 6.92. The van der Waals surface area contributed by atoms with Gasteiger partial charge in [-0.15, -0.1) is 0 Å². The lowest BCUT2D eigenvalue weighted by Crippen LogP contribution is -2.12. The second-order valence-corrected chi connectivity index (χ2v) is 4.82. The minimum Gasteiger partial charge on any atom is -0.388 e. The van der Waals surface area contributed by atoms with Gasteiger partial charge in [0.05, 0.1) is 6.04 Å². The summed E-state index contributed by atoms with van der Waals surface area (Å²) in [5.41, 5.74) is 11.0. The topological polar surface area (TPSA) is 38.0 Å². The molecule has 2 aromatic carbocycles. The quantitative estimate of drug-likeness (QED) is 0.869. The van der Waals surface area contributed by atoms with Crippen LogP contribution in [0, 0.1) is 0 Å². The van der Waals surface area contributed by atoms with Crippen molar-refractivity contribution in [2.75, 3.05) is 7.05 Å². The number of aryl methyl sites for hydroxylation is 1. The number of hydrogen-bond donors (Lipinski definition) is 2. The molecular formula is C18H22N2. The first-order valence-electron chi connectivity index (χ1n) is 7.04. The molecule has 0 aliphatic heterocycles. The van der Waals surface area contributed by atoms with Crippen LogP contribution in [0.5, 0.6) is 0 Å². The maximum atomic E-state index is 6.32. The molecule has 0 saturated heterocycles. The normalized spacial score (nSPS) is 13.1. The Kier molecular flexibility index (Phi) is 4.97. The van der Waals surface area contributed by atoms with Gasteiger partial charge in [0.15, 0.2) is 0 Å². The fourth-order valence-electron chi connectivity index (χ4n) is 2.24. The standard InChI is InChI=1S/C18H22N2/c1-3-14-8-7-11-16(12-14)17(19)13-18(20-2)15-9-5-4-6-10-15/h4-13,17,20H,3,19H2,1-2H3/b18-13-. The minimum atomic E-state index is -0.107. The molecule has 0 bridgehead atoms. The molecule has 104 valence electrons. The molecule has 0 aromatic heterocycles. The van der Waals surface area contributed by atoms with Crippen molar-refractivity contribution in [1.29, 1.82) is 0 Å². The summed E-state index contributed by atoms with van der Waals surface area (Å²) < 4.78 is 0. The Morgan fingerprint density at radius 3 is 2.55 bits per heavy atom. The van der Waals surface area contributed by atoms with Gasteiger partial charge in [-0.1, -0.05) is 61.5 Å². The molecule has 2 nitrogen and oxygen atoms in total. The molecule has 1 unspecified atom stereocenters. The Bertz CT molecular complexity index is 573. The lowest BCUT2D eigenvalue weighted by atomic mass is 10.0. The summed E-state index contributed by atoms with van der Waals surface area (Å²) in [5.74, 6) is 0. The van der Waals surface area contributed by atoms with Crippen LogP contribution in [0.1, 0.15) is 29.7 Å². The maximum absolute atomic E-state index is 6.32. The SMILES string of the molecule is CCc1cccc(C(N)/C=C(\NC)c2ccccc2)c1. The fraction of sp³-hybridized carbons (Fsp3) is 0.222. The van der Waals surface area contributed by atoms with Gasteiger partial charge in [0.25, 0.3) is 0 Å². The van der Waals surface area contributed by atoms with Gasteiger partial charge in [0.2, 0.25) is 0 Å². The zero-order valence-corrected chi connectivity index (χ0v) is 12.1. The predicted molar refractivity (Wildman–Crippen MR) is 86.2 cm³/mol. The molecule has 20 heavy (non-hydrogen) atoms. The fourth-order valence-corrected chi connectivity index (χ4v) is 2.24. The van der Waals surface area contributed by atoms with Gasteiger partial charge >= 0.3 is 0 Å². The molecule has 0 aliphatic rings. The molecule has 0 saturated carbocycles. The molecular weight excluding hydrogens is 244 g/mol. The second-order valence-electron chi connectivity index (χ2n) is 4.82. The van der Waals surface area contributed by atoms with Crippen LogP contribution in [0.25, 0.3) is 5.70 Å². The molecule has 2 aromatic rings. The van der Waals surface area contributed by atoms with E-state index in [1.54, 1.807) is 0 Å². The van der Waals surface area contributed by atoms with E-state index in [0.29, 0.717) is 0 Å². The molecule has 0 amide bonds. The number of hydrogen-bond acceptors (Lipinski definition) is 2. The molecule has 0 heterocycles. The summed E-state index contributed by atoms with van der Waals surface area (Å²) in [6.07, 6.45) is 3.10. The Balaban J connectivity index is 2.27. The van der Waals surface area contributed by atoms with Crippen LogP contribution in [0.4, 0.5) is 0 Å². The summed E-state index contributed by atoms with van der Waals surface area (Å²) in [4.78, 5) is 0. The third-order valence-corrected chi connectivity index (χ3v) is 3.44. The van der Waals surface area contributed by atoms with Gasteiger partial charge in [0, 0.05) is 12.7 Å². The summed E-state index contributed by atoms with van der Waals surface area (Å²) in [5, 5.41) is 3.23. The Labute approximate surface area is 121 Å². The maximum Gasteiger partial charge on any atom is 0.0504 e. The molecule has 2 heteroatoms. The minimum absolute atomic E-state index is 0.107. The Hall–Kier alpha value is -2.06. The predicted octanol–water partition coefficient (Wildman–Crippen LogP) is 3.51. The first-order valence-corrected chi connectivity index (χ1v) is 7.04. The van der Waals surface area contributed by atoms with E-state index in [1.165, 1.54) is 5.56 Å². The van der Waals surface area contributed by atoms with Crippen LogP contribution in [0.3, 0.4) is 0 Å². The first-order chi connectivity index (χ1) is 9.74. The molecule has 0 fully saturated rings. The van der Waals surface area contributed by atoms with Crippen molar-refractivity contribution in [1.82, 2.24) is 5.32 Å².